The fourth-order valence-electron chi connectivity index (χ4n) is 3.81. The van der Waals surface area contributed by atoms with E-state index in [4.69, 9.17) is 11.1 Å². The van der Waals surface area contributed by atoms with Gasteiger partial charge in [-0.2, -0.15) is 0 Å². The molecular formula is C24H21N3O. The van der Waals surface area contributed by atoms with E-state index in [0.29, 0.717) is 6.42 Å². The number of benzene rings is 4. The summed E-state index contributed by atoms with van der Waals surface area (Å²) >= 11 is 0. The number of nitrogens with one attached hydrogen (secondary N) is 2. The van der Waals surface area contributed by atoms with Crippen molar-refractivity contribution >= 4 is 33.4 Å². The highest BCUT2D eigenvalue weighted by molar-refractivity contribution is 6.01. The predicted octanol–water partition coefficient (Wildman–Crippen LogP) is 4.33. The summed E-state index contributed by atoms with van der Waals surface area (Å²) in [6, 6.07) is 28.3. The highest BCUT2D eigenvalue weighted by Crippen LogP contribution is 2.31. The number of fused-ring (bicyclic) bond motifs is 2. The lowest BCUT2D eigenvalue weighted by Gasteiger charge is -2.20. The molecule has 0 bridgehead atoms. The first-order chi connectivity index (χ1) is 13.6. The SMILES string of the molecule is N=C(N)NC(=O)[C@@H](Cc1cccc2ccccc12)c1cccc2ccccc12. The quantitative estimate of drug-likeness (QED) is 0.371. The minimum atomic E-state index is -0.458. The Balaban J connectivity index is 1.84. The Morgan fingerprint density at radius 3 is 2.11 bits per heavy atom. The standard InChI is InChI=1S/C24H21N3O/c25-24(26)27-23(28)22(21-14-6-10-17-8-2-4-13-20(17)21)15-18-11-5-9-16-7-1-3-12-19(16)18/h1-14,22H,15H2,(H4,25,26,27,28)/t22-/m0/s1. The second-order valence-electron chi connectivity index (χ2n) is 6.87. The lowest BCUT2D eigenvalue weighted by molar-refractivity contribution is -0.121. The van der Waals surface area contributed by atoms with Gasteiger partial charge in [0.1, 0.15) is 0 Å². The summed E-state index contributed by atoms with van der Waals surface area (Å²) < 4.78 is 0. The van der Waals surface area contributed by atoms with Crippen LogP contribution in [0.1, 0.15) is 17.0 Å². The van der Waals surface area contributed by atoms with E-state index in [1.54, 1.807) is 0 Å². The summed E-state index contributed by atoms with van der Waals surface area (Å²) in [6.07, 6.45) is 0.522. The van der Waals surface area contributed by atoms with Gasteiger partial charge in [-0.05, 0) is 39.1 Å². The molecule has 138 valence electrons. The molecular weight excluding hydrogens is 346 g/mol. The molecule has 4 nitrogen and oxygen atoms in total. The summed E-state index contributed by atoms with van der Waals surface area (Å²) in [7, 11) is 0. The summed E-state index contributed by atoms with van der Waals surface area (Å²) in [5.74, 6) is -1.06. The maximum atomic E-state index is 13.0. The molecule has 0 aromatic heterocycles. The Morgan fingerprint density at radius 1 is 0.821 bits per heavy atom. The average Bonchev–Trinajstić information content (AvgIpc) is 2.71. The minimum Gasteiger partial charge on any atom is -0.370 e. The van der Waals surface area contributed by atoms with Crippen molar-refractivity contribution in [2.45, 2.75) is 12.3 Å². The largest absolute Gasteiger partial charge is 0.370 e. The molecule has 1 amide bonds. The van der Waals surface area contributed by atoms with Gasteiger partial charge in [-0.3, -0.25) is 15.5 Å². The van der Waals surface area contributed by atoms with Gasteiger partial charge in [-0.15, -0.1) is 0 Å². The van der Waals surface area contributed by atoms with Crippen LogP contribution in [0.3, 0.4) is 0 Å². The van der Waals surface area contributed by atoms with Gasteiger partial charge in [0, 0.05) is 0 Å². The third kappa shape index (κ3) is 3.45. The molecule has 4 aromatic rings. The Hall–Kier alpha value is -3.66. The molecule has 0 radical (unpaired) electrons. The van der Waals surface area contributed by atoms with Crippen molar-refractivity contribution in [2.75, 3.05) is 0 Å². The van der Waals surface area contributed by atoms with Gasteiger partial charge in [0.15, 0.2) is 5.96 Å². The van der Waals surface area contributed by atoms with E-state index in [1.165, 1.54) is 0 Å². The zero-order valence-electron chi connectivity index (χ0n) is 15.4. The maximum absolute atomic E-state index is 13.0. The van der Waals surface area contributed by atoms with Crippen molar-refractivity contribution in [3.05, 3.63) is 96.1 Å². The number of guanidine groups is 1. The molecule has 28 heavy (non-hydrogen) atoms. The number of rotatable bonds is 4. The van der Waals surface area contributed by atoms with Crippen molar-refractivity contribution in [1.29, 1.82) is 5.41 Å². The van der Waals surface area contributed by atoms with Crippen LogP contribution in [0.25, 0.3) is 21.5 Å². The number of hydrogen-bond acceptors (Lipinski definition) is 2. The highest BCUT2D eigenvalue weighted by Gasteiger charge is 2.24. The van der Waals surface area contributed by atoms with Crippen LogP contribution in [0.15, 0.2) is 84.9 Å². The normalized spacial score (nSPS) is 12.0. The molecule has 0 heterocycles. The van der Waals surface area contributed by atoms with Crippen LogP contribution in [-0.4, -0.2) is 11.9 Å². The number of carbonyl (C=O) groups excluding carboxylic acids is 1. The molecule has 0 saturated heterocycles. The number of amides is 1. The van der Waals surface area contributed by atoms with Gasteiger partial charge < -0.3 is 5.73 Å². The fourth-order valence-corrected chi connectivity index (χ4v) is 3.81. The molecule has 0 saturated carbocycles. The van der Waals surface area contributed by atoms with Gasteiger partial charge >= 0.3 is 0 Å². The zero-order chi connectivity index (χ0) is 19.5. The molecule has 4 heteroatoms. The molecule has 0 fully saturated rings. The topological polar surface area (TPSA) is 79.0 Å². The third-order valence-corrected chi connectivity index (χ3v) is 5.08. The van der Waals surface area contributed by atoms with Crippen LogP contribution in [0.4, 0.5) is 0 Å². The molecule has 4 N–H and O–H groups in total. The molecule has 1 atom stereocenters. The molecule has 4 aromatic carbocycles. The summed E-state index contributed by atoms with van der Waals surface area (Å²) in [5, 5.41) is 14.4. The van der Waals surface area contributed by atoms with Crippen molar-refractivity contribution in [2.24, 2.45) is 5.73 Å². The Kier molecular flexibility index (Phi) is 4.77. The van der Waals surface area contributed by atoms with E-state index in [2.05, 4.69) is 29.6 Å². The van der Waals surface area contributed by atoms with Crippen molar-refractivity contribution in [1.82, 2.24) is 5.32 Å². The second kappa shape index (κ2) is 7.53. The summed E-state index contributed by atoms with van der Waals surface area (Å²) in [6.45, 7) is 0. The second-order valence-corrected chi connectivity index (χ2v) is 6.87. The molecule has 0 aliphatic carbocycles. The van der Waals surface area contributed by atoms with E-state index in [-0.39, 0.29) is 11.9 Å². The van der Waals surface area contributed by atoms with Crippen LogP contribution in [0.5, 0.6) is 0 Å². The van der Waals surface area contributed by atoms with Crippen LogP contribution in [0.2, 0.25) is 0 Å². The van der Waals surface area contributed by atoms with Gasteiger partial charge in [0.25, 0.3) is 0 Å². The van der Waals surface area contributed by atoms with Crippen LogP contribution in [-0.2, 0) is 11.2 Å². The Morgan fingerprint density at radius 2 is 1.39 bits per heavy atom. The van der Waals surface area contributed by atoms with E-state index in [1.807, 2.05) is 60.7 Å². The molecule has 4 rings (SSSR count). The minimum absolute atomic E-state index is 0.267. The van der Waals surface area contributed by atoms with Gasteiger partial charge in [0.05, 0.1) is 5.92 Å². The molecule has 0 aliphatic rings. The van der Waals surface area contributed by atoms with Gasteiger partial charge in [-0.25, -0.2) is 0 Å². The number of hydrogen-bond donors (Lipinski definition) is 3. The van der Waals surface area contributed by atoms with Crippen molar-refractivity contribution in [3.8, 4) is 0 Å². The van der Waals surface area contributed by atoms with Crippen molar-refractivity contribution in [3.63, 3.8) is 0 Å². The monoisotopic (exact) mass is 367 g/mol. The molecule has 0 unspecified atom stereocenters. The van der Waals surface area contributed by atoms with Crippen LogP contribution in [0, 0.1) is 5.41 Å². The predicted molar refractivity (Wildman–Crippen MR) is 114 cm³/mol. The van der Waals surface area contributed by atoms with Crippen molar-refractivity contribution < 1.29 is 4.79 Å². The van der Waals surface area contributed by atoms with E-state index < -0.39 is 5.92 Å². The van der Waals surface area contributed by atoms with E-state index >= 15 is 0 Å². The van der Waals surface area contributed by atoms with E-state index in [9.17, 15) is 4.79 Å². The summed E-state index contributed by atoms with van der Waals surface area (Å²) in [5.41, 5.74) is 7.48. The highest BCUT2D eigenvalue weighted by atomic mass is 16.2. The van der Waals surface area contributed by atoms with E-state index in [0.717, 1.165) is 32.7 Å². The lowest BCUT2D eigenvalue weighted by Crippen LogP contribution is -2.39. The first-order valence-electron chi connectivity index (χ1n) is 9.22. The first-order valence-corrected chi connectivity index (χ1v) is 9.22. The Bertz CT molecular complexity index is 1170. The molecule has 0 aliphatic heterocycles. The number of nitrogens with two attached hydrogens (primary N) is 1. The summed E-state index contributed by atoms with van der Waals surface area (Å²) in [4.78, 5) is 13.0. The lowest BCUT2D eigenvalue weighted by atomic mass is 9.86. The molecule has 0 spiro atoms. The van der Waals surface area contributed by atoms with Crippen LogP contribution >= 0.6 is 0 Å². The third-order valence-electron chi connectivity index (χ3n) is 5.08. The first kappa shape index (κ1) is 17.7. The fraction of sp³-hybridized carbons (Fsp3) is 0.0833. The average molecular weight is 367 g/mol. The number of carbonyl (C=O) groups is 1. The smallest absolute Gasteiger partial charge is 0.234 e. The maximum Gasteiger partial charge on any atom is 0.234 e. The van der Waals surface area contributed by atoms with Gasteiger partial charge in [0.2, 0.25) is 5.91 Å². The zero-order valence-corrected chi connectivity index (χ0v) is 15.4. The van der Waals surface area contributed by atoms with Gasteiger partial charge in [-0.1, -0.05) is 84.9 Å². The van der Waals surface area contributed by atoms with Crippen LogP contribution < -0.4 is 11.1 Å². The Labute approximate surface area is 163 Å².